The van der Waals surface area contributed by atoms with Gasteiger partial charge in [0, 0.05) is 28.2 Å². The molecule has 1 heteroatoms. The molecule has 0 radical (unpaired) electrons. The van der Waals surface area contributed by atoms with Crippen molar-refractivity contribution in [1.82, 2.24) is 4.57 Å². The van der Waals surface area contributed by atoms with Crippen LogP contribution in [0.1, 0.15) is 18.1 Å². The Hall–Kier alpha value is -4.10. The molecule has 1 nitrogen and oxygen atoms in total. The monoisotopic (exact) mass is 433 g/mol. The molecule has 1 aliphatic carbocycles. The van der Waals surface area contributed by atoms with E-state index in [1.54, 1.807) is 0 Å². The van der Waals surface area contributed by atoms with E-state index >= 15 is 0 Å². The normalized spacial score (nSPS) is 12.9. The second kappa shape index (κ2) is 6.48. The summed E-state index contributed by atoms with van der Waals surface area (Å²) in [6, 6.07) is 36.1. The van der Waals surface area contributed by atoms with Crippen molar-refractivity contribution in [2.24, 2.45) is 0 Å². The second-order valence-electron chi connectivity index (χ2n) is 9.55. The van der Waals surface area contributed by atoms with Crippen LogP contribution in [0.4, 0.5) is 0 Å². The molecule has 0 spiro atoms. The molecule has 0 bridgehead atoms. The van der Waals surface area contributed by atoms with Crippen molar-refractivity contribution in [3.8, 4) is 11.1 Å². The van der Waals surface area contributed by atoms with Crippen molar-refractivity contribution in [1.29, 1.82) is 0 Å². The fourth-order valence-electron chi connectivity index (χ4n) is 6.63. The van der Waals surface area contributed by atoms with E-state index in [9.17, 15) is 0 Å². The molecule has 1 aliphatic rings. The van der Waals surface area contributed by atoms with Gasteiger partial charge < -0.3 is 4.57 Å². The first-order valence-corrected chi connectivity index (χ1v) is 12.2. The van der Waals surface area contributed by atoms with Gasteiger partial charge in [0.05, 0.1) is 5.52 Å². The van der Waals surface area contributed by atoms with Crippen LogP contribution in [0, 0.1) is 0 Å². The summed E-state index contributed by atoms with van der Waals surface area (Å²) < 4.78 is 2.54. The SMILES string of the molecule is CCn1c2ccc3ccccc3c2c2c3c(c4ccccc4c21)-c1c(ccc2ccccc12)C3. The Bertz CT molecular complexity index is 1970. The van der Waals surface area contributed by atoms with Crippen molar-refractivity contribution in [3.05, 3.63) is 108 Å². The minimum atomic E-state index is 0.955. The summed E-state index contributed by atoms with van der Waals surface area (Å²) >= 11 is 0. The van der Waals surface area contributed by atoms with Crippen LogP contribution in [-0.2, 0) is 13.0 Å². The van der Waals surface area contributed by atoms with E-state index in [-0.39, 0.29) is 0 Å². The molecule has 0 fully saturated rings. The summed E-state index contributed by atoms with van der Waals surface area (Å²) in [4.78, 5) is 0. The van der Waals surface area contributed by atoms with Gasteiger partial charge in [-0.05, 0) is 68.6 Å². The summed E-state index contributed by atoms with van der Waals surface area (Å²) in [7, 11) is 0. The first-order chi connectivity index (χ1) is 16.8. The lowest BCUT2D eigenvalue weighted by Gasteiger charge is -2.13. The Morgan fingerprint density at radius 2 is 1.24 bits per heavy atom. The maximum atomic E-state index is 2.54. The molecule has 0 aliphatic heterocycles. The standard InChI is InChI=1S/C33H23N/c1-2-34-28-18-17-21-10-4-6-12-24(21)31(28)32-27-19-22-16-15-20-9-3-5-11-23(20)29(22)30(27)25-13-7-8-14-26(25)33(32)34/h3-18H,2,19H2,1H3. The predicted octanol–water partition coefficient (Wildman–Crippen LogP) is 8.85. The van der Waals surface area contributed by atoms with E-state index in [0.717, 1.165) is 13.0 Å². The number of benzene rings is 6. The minimum Gasteiger partial charge on any atom is -0.340 e. The average Bonchev–Trinajstić information content (AvgIpc) is 3.45. The Balaban J connectivity index is 1.70. The van der Waals surface area contributed by atoms with E-state index in [1.807, 2.05) is 0 Å². The van der Waals surface area contributed by atoms with Gasteiger partial charge in [-0.2, -0.15) is 0 Å². The van der Waals surface area contributed by atoms with E-state index in [0.29, 0.717) is 0 Å². The van der Waals surface area contributed by atoms with Gasteiger partial charge in [-0.15, -0.1) is 0 Å². The van der Waals surface area contributed by atoms with E-state index in [2.05, 4.69) is 109 Å². The van der Waals surface area contributed by atoms with Crippen molar-refractivity contribution >= 4 is 54.1 Å². The van der Waals surface area contributed by atoms with Crippen LogP contribution < -0.4 is 0 Å². The first-order valence-electron chi connectivity index (χ1n) is 12.2. The zero-order valence-electron chi connectivity index (χ0n) is 19.1. The molecule has 7 aromatic rings. The number of hydrogen-bond donors (Lipinski definition) is 0. The quantitative estimate of drug-likeness (QED) is 0.244. The van der Waals surface area contributed by atoms with Gasteiger partial charge >= 0.3 is 0 Å². The highest BCUT2D eigenvalue weighted by molar-refractivity contribution is 6.30. The summed E-state index contributed by atoms with van der Waals surface area (Å²) in [5.41, 5.74) is 8.55. The zero-order valence-corrected chi connectivity index (χ0v) is 19.1. The Kier molecular flexibility index (Phi) is 3.50. The van der Waals surface area contributed by atoms with E-state index < -0.39 is 0 Å². The van der Waals surface area contributed by atoms with Gasteiger partial charge in [0.1, 0.15) is 0 Å². The number of aromatic nitrogens is 1. The maximum Gasteiger partial charge on any atom is 0.0574 e. The molecular formula is C33H23N. The average molecular weight is 434 g/mol. The molecule has 0 saturated heterocycles. The minimum absolute atomic E-state index is 0.955. The van der Waals surface area contributed by atoms with Gasteiger partial charge in [-0.25, -0.2) is 0 Å². The van der Waals surface area contributed by atoms with Gasteiger partial charge in [-0.1, -0.05) is 91.0 Å². The van der Waals surface area contributed by atoms with Crippen LogP contribution in [0.3, 0.4) is 0 Å². The molecule has 0 unspecified atom stereocenters. The summed E-state index contributed by atoms with van der Waals surface area (Å²) in [5.74, 6) is 0. The molecule has 0 atom stereocenters. The first kappa shape index (κ1) is 18.3. The number of hydrogen-bond acceptors (Lipinski definition) is 0. The lowest BCUT2D eigenvalue weighted by Crippen LogP contribution is -1.95. The number of rotatable bonds is 1. The number of nitrogens with zero attached hydrogens (tertiary/aromatic N) is 1. The Labute approximate surface area is 197 Å². The van der Waals surface area contributed by atoms with Crippen LogP contribution in [0.25, 0.3) is 65.3 Å². The predicted molar refractivity (Wildman–Crippen MR) is 146 cm³/mol. The van der Waals surface area contributed by atoms with Gasteiger partial charge in [-0.3, -0.25) is 0 Å². The van der Waals surface area contributed by atoms with Crippen LogP contribution in [0.2, 0.25) is 0 Å². The fourth-order valence-corrected chi connectivity index (χ4v) is 6.63. The molecule has 0 N–H and O–H groups in total. The van der Waals surface area contributed by atoms with Crippen LogP contribution in [-0.4, -0.2) is 4.57 Å². The lowest BCUT2D eigenvalue weighted by molar-refractivity contribution is 0.829. The van der Waals surface area contributed by atoms with Gasteiger partial charge in [0.15, 0.2) is 0 Å². The van der Waals surface area contributed by atoms with Crippen molar-refractivity contribution < 1.29 is 0 Å². The number of fused-ring (bicyclic) bond motifs is 14. The largest absolute Gasteiger partial charge is 0.340 e. The molecular weight excluding hydrogens is 410 g/mol. The molecule has 0 amide bonds. The molecule has 8 rings (SSSR count). The molecule has 1 heterocycles. The van der Waals surface area contributed by atoms with Crippen LogP contribution >= 0.6 is 0 Å². The van der Waals surface area contributed by atoms with Crippen LogP contribution in [0.15, 0.2) is 97.1 Å². The fraction of sp³-hybridized carbons (Fsp3) is 0.0909. The van der Waals surface area contributed by atoms with E-state index in [4.69, 9.17) is 0 Å². The molecule has 160 valence electrons. The smallest absolute Gasteiger partial charge is 0.0574 e. The third-order valence-electron chi connectivity index (χ3n) is 7.96. The summed E-state index contributed by atoms with van der Waals surface area (Å²) in [6.45, 7) is 3.23. The topological polar surface area (TPSA) is 4.93 Å². The van der Waals surface area contributed by atoms with Crippen molar-refractivity contribution in [2.45, 2.75) is 19.9 Å². The molecule has 6 aromatic carbocycles. The Morgan fingerprint density at radius 3 is 2.03 bits per heavy atom. The van der Waals surface area contributed by atoms with E-state index in [1.165, 1.54) is 76.4 Å². The highest BCUT2D eigenvalue weighted by Gasteiger charge is 2.29. The molecule has 0 saturated carbocycles. The molecule has 1 aromatic heterocycles. The van der Waals surface area contributed by atoms with Crippen molar-refractivity contribution in [3.63, 3.8) is 0 Å². The molecule has 34 heavy (non-hydrogen) atoms. The third kappa shape index (κ3) is 2.15. The summed E-state index contributed by atoms with van der Waals surface area (Å²) in [6.07, 6.45) is 0.989. The lowest BCUT2D eigenvalue weighted by atomic mass is 9.91. The second-order valence-corrected chi connectivity index (χ2v) is 9.55. The van der Waals surface area contributed by atoms with Crippen molar-refractivity contribution in [2.75, 3.05) is 0 Å². The zero-order chi connectivity index (χ0) is 22.4. The highest BCUT2D eigenvalue weighted by Crippen LogP contribution is 2.51. The Morgan fingerprint density at radius 1 is 0.588 bits per heavy atom. The van der Waals surface area contributed by atoms with Gasteiger partial charge in [0.25, 0.3) is 0 Å². The third-order valence-corrected chi connectivity index (χ3v) is 7.96. The summed E-state index contributed by atoms with van der Waals surface area (Å²) in [5, 5.41) is 11.0. The van der Waals surface area contributed by atoms with Crippen LogP contribution in [0.5, 0.6) is 0 Å². The number of aryl methyl sites for hydroxylation is 1. The van der Waals surface area contributed by atoms with Gasteiger partial charge in [0.2, 0.25) is 0 Å². The highest BCUT2D eigenvalue weighted by atomic mass is 15.0. The maximum absolute atomic E-state index is 2.54.